The number of fused-ring (bicyclic) bond motifs is 1. The molecule has 0 aliphatic carbocycles. The first-order chi connectivity index (χ1) is 9.11. The van der Waals surface area contributed by atoms with Gasteiger partial charge in [-0.25, -0.2) is 0 Å². The summed E-state index contributed by atoms with van der Waals surface area (Å²) in [5, 5.41) is 12.9. The monoisotopic (exact) mass is 264 g/mol. The average Bonchev–Trinajstić information content (AvgIpc) is 2.85. The molecule has 1 aromatic rings. The first-order valence-corrected chi connectivity index (χ1v) is 6.41. The lowest BCUT2D eigenvalue weighted by atomic mass is 10.1. The van der Waals surface area contributed by atoms with Crippen LogP contribution in [0.15, 0.2) is 18.2 Å². The highest BCUT2D eigenvalue weighted by molar-refractivity contribution is 5.95. The fraction of sp³-hybridized carbons (Fsp3) is 0.500. The van der Waals surface area contributed by atoms with E-state index in [0.29, 0.717) is 5.56 Å². The maximum absolute atomic E-state index is 12.2. The number of nitrogens with one attached hydrogen (secondary N) is 1. The molecule has 1 aromatic carbocycles. The molecule has 0 fully saturated rings. The summed E-state index contributed by atoms with van der Waals surface area (Å²) in [7, 11) is 3.21. The second-order valence-electron chi connectivity index (χ2n) is 4.84. The predicted octanol–water partition coefficient (Wildman–Crippen LogP) is 0.734. The van der Waals surface area contributed by atoms with Crippen LogP contribution in [0, 0.1) is 0 Å². The Morgan fingerprint density at radius 2 is 2.37 bits per heavy atom. The third-order valence-electron chi connectivity index (χ3n) is 3.26. The Labute approximate surface area is 113 Å². The Kier molecular flexibility index (Phi) is 4.39. The lowest BCUT2D eigenvalue weighted by Crippen LogP contribution is -2.36. The van der Waals surface area contributed by atoms with Gasteiger partial charge in [-0.15, -0.1) is 0 Å². The number of nitrogens with zero attached hydrogens (tertiary/aromatic N) is 1. The Morgan fingerprint density at radius 1 is 1.58 bits per heavy atom. The number of carbonyl (C=O) groups excluding carboxylic acids is 1. The van der Waals surface area contributed by atoms with Crippen LogP contribution in [0.3, 0.4) is 0 Å². The normalized spacial score (nSPS) is 14.7. The number of aliphatic hydroxyl groups excluding tert-OH is 1. The SMILES string of the molecule is COCC(O)CN(C)C(=O)c1ccc2c(c1)NCC2. The van der Waals surface area contributed by atoms with Gasteiger partial charge >= 0.3 is 0 Å². The zero-order valence-electron chi connectivity index (χ0n) is 11.3. The third-order valence-corrected chi connectivity index (χ3v) is 3.26. The number of hydrogen-bond donors (Lipinski definition) is 2. The standard InChI is InChI=1S/C14H20N2O3/c1-16(8-12(17)9-19-2)14(18)11-4-3-10-5-6-15-13(10)7-11/h3-4,7,12,15,17H,5-6,8-9H2,1-2H3. The van der Waals surface area contributed by atoms with Crippen molar-refractivity contribution < 1.29 is 14.6 Å². The molecule has 2 N–H and O–H groups in total. The highest BCUT2D eigenvalue weighted by Crippen LogP contribution is 2.23. The fourth-order valence-corrected chi connectivity index (χ4v) is 2.29. The second kappa shape index (κ2) is 6.04. The molecule has 1 aliphatic rings. The molecule has 0 spiro atoms. The smallest absolute Gasteiger partial charge is 0.253 e. The first kappa shape index (κ1) is 13.8. The van der Waals surface area contributed by atoms with Crippen molar-refractivity contribution in [1.82, 2.24) is 4.90 Å². The van der Waals surface area contributed by atoms with Crippen molar-refractivity contribution in [3.05, 3.63) is 29.3 Å². The molecule has 1 atom stereocenters. The maximum Gasteiger partial charge on any atom is 0.253 e. The molecule has 104 valence electrons. The van der Waals surface area contributed by atoms with E-state index in [1.165, 1.54) is 17.6 Å². The van der Waals surface area contributed by atoms with Crippen LogP contribution in [0.1, 0.15) is 15.9 Å². The number of likely N-dealkylation sites (N-methyl/N-ethyl adjacent to an activating group) is 1. The molecule has 5 nitrogen and oxygen atoms in total. The Morgan fingerprint density at radius 3 is 3.11 bits per heavy atom. The molecule has 0 bridgehead atoms. The van der Waals surface area contributed by atoms with Gasteiger partial charge in [-0.3, -0.25) is 4.79 Å². The van der Waals surface area contributed by atoms with E-state index in [2.05, 4.69) is 5.32 Å². The molecule has 1 unspecified atom stereocenters. The number of hydrogen-bond acceptors (Lipinski definition) is 4. The Balaban J connectivity index is 2.02. The zero-order chi connectivity index (χ0) is 13.8. The lowest BCUT2D eigenvalue weighted by Gasteiger charge is -2.20. The zero-order valence-corrected chi connectivity index (χ0v) is 11.3. The number of methoxy groups -OCH3 is 1. The highest BCUT2D eigenvalue weighted by atomic mass is 16.5. The van der Waals surface area contributed by atoms with Crippen LogP contribution in [0.4, 0.5) is 5.69 Å². The van der Waals surface area contributed by atoms with E-state index in [9.17, 15) is 9.90 Å². The second-order valence-corrected chi connectivity index (χ2v) is 4.84. The molecule has 1 aliphatic heterocycles. The lowest BCUT2D eigenvalue weighted by molar-refractivity contribution is 0.0380. The molecule has 5 heteroatoms. The van der Waals surface area contributed by atoms with Crippen molar-refractivity contribution in [1.29, 1.82) is 0 Å². The van der Waals surface area contributed by atoms with E-state index in [1.807, 2.05) is 18.2 Å². The van der Waals surface area contributed by atoms with Crippen LogP contribution in [0.25, 0.3) is 0 Å². The van der Waals surface area contributed by atoms with Crippen molar-refractivity contribution in [2.75, 3.05) is 39.2 Å². The summed E-state index contributed by atoms with van der Waals surface area (Å²) < 4.78 is 4.85. The summed E-state index contributed by atoms with van der Waals surface area (Å²) >= 11 is 0. The molecule has 1 heterocycles. The van der Waals surface area contributed by atoms with Gasteiger partial charge in [-0.2, -0.15) is 0 Å². The van der Waals surface area contributed by atoms with Crippen LogP contribution in [-0.2, 0) is 11.2 Å². The maximum atomic E-state index is 12.2. The van der Waals surface area contributed by atoms with Gasteiger partial charge < -0.3 is 20.1 Å². The van der Waals surface area contributed by atoms with Gasteiger partial charge in [-0.05, 0) is 24.1 Å². The summed E-state index contributed by atoms with van der Waals surface area (Å²) in [6, 6.07) is 5.71. The quantitative estimate of drug-likeness (QED) is 0.823. The first-order valence-electron chi connectivity index (χ1n) is 6.41. The van der Waals surface area contributed by atoms with Crippen LogP contribution < -0.4 is 5.32 Å². The molecule has 2 rings (SSSR count). The summed E-state index contributed by atoms with van der Waals surface area (Å²) in [4.78, 5) is 13.7. The summed E-state index contributed by atoms with van der Waals surface area (Å²) in [6.45, 7) is 1.41. The molecule has 0 radical (unpaired) electrons. The van der Waals surface area contributed by atoms with E-state index in [4.69, 9.17) is 4.74 Å². The molecule has 19 heavy (non-hydrogen) atoms. The molecule has 0 aromatic heterocycles. The number of anilines is 1. The largest absolute Gasteiger partial charge is 0.389 e. The minimum absolute atomic E-state index is 0.0911. The Hall–Kier alpha value is -1.59. The number of amides is 1. The Bertz CT molecular complexity index is 462. The topological polar surface area (TPSA) is 61.8 Å². The van der Waals surface area contributed by atoms with Crippen molar-refractivity contribution in [3.63, 3.8) is 0 Å². The van der Waals surface area contributed by atoms with Crippen LogP contribution in [-0.4, -0.2) is 55.9 Å². The highest BCUT2D eigenvalue weighted by Gasteiger charge is 2.18. The van der Waals surface area contributed by atoms with Gasteiger partial charge in [0.15, 0.2) is 0 Å². The summed E-state index contributed by atoms with van der Waals surface area (Å²) in [6.07, 6.45) is 0.346. The van der Waals surface area contributed by atoms with Crippen molar-refractivity contribution >= 4 is 11.6 Å². The van der Waals surface area contributed by atoms with Crippen molar-refractivity contribution in [3.8, 4) is 0 Å². The van der Waals surface area contributed by atoms with E-state index >= 15 is 0 Å². The van der Waals surface area contributed by atoms with Gasteiger partial charge in [-0.1, -0.05) is 6.07 Å². The van der Waals surface area contributed by atoms with Gasteiger partial charge in [0, 0.05) is 38.5 Å². The number of carbonyl (C=O) groups is 1. The number of benzene rings is 1. The van der Waals surface area contributed by atoms with Gasteiger partial charge in [0.25, 0.3) is 5.91 Å². The minimum atomic E-state index is -0.661. The number of ether oxygens (including phenoxy) is 1. The van der Waals surface area contributed by atoms with E-state index in [0.717, 1.165) is 18.7 Å². The molecule has 0 saturated heterocycles. The molecule has 0 saturated carbocycles. The van der Waals surface area contributed by atoms with Gasteiger partial charge in [0.05, 0.1) is 12.7 Å². The molecular weight excluding hydrogens is 244 g/mol. The van der Waals surface area contributed by atoms with E-state index < -0.39 is 6.10 Å². The van der Waals surface area contributed by atoms with Crippen molar-refractivity contribution in [2.45, 2.75) is 12.5 Å². The molecular formula is C14H20N2O3. The fourth-order valence-electron chi connectivity index (χ4n) is 2.29. The average molecular weight is 264 g/mol. The van der Waals surface area contributed by atoms with E-state index in [-0.39, 0.29) is 19.1 Å². The molecule has 1 amide bonds. The van der Waals surface area contributed by atoms with Crippen molar-refractivity contribution in [2.24, 2.45) is 0 Å². The van der Waals surface area contributed by atoms with Crippen LogP contribution in [0.5, 0.6) is 0 Å². The van der Waals surface area contributed by atoms with Gasteiger partial charge in [0.2, 0.25) is 0 Å². The number of aliphatic hydroxyl groups is 1. The summed E-state index contributed by atoms with van der Waals surface area (Å²) in [5.74, 6) is -0.0911. The van der Waals surface area contributed by atoms with Crippen LogP contribution >= 0.6 is 0 Å². The predicted molar refractivity (Wildman–Crippen MR) is 73.5 cm³/mol. The minimum Gasteiger partial charge on any atom is -0.389 e. The number of rotatable bonds is 5. The third kappa shape index (κ3) is 3.24. The van der Waals surface area contributed by atoms with Gasteiger partial charge in [0.1, 0.15) is 0 Å². The summed E-state index contributed by atoms with van der Waals surface area (Å²) in [5.41, 5.74) is 2.93. The van der Waals surface area contributed by atoms with Crippen LogP contribution in [0.2, 0.25) is 0 Å². The van der Waals surface area contributed by atoms with E-state index in [1.54, 1.807) is 7.05 Å².